The highest BCUT2D eigenvalue weighted by Crippen LogP contribution is 2.22. The molecule has 0 spiro atoms. The van der Waals surface area contributed by atoms with E-state index in [9.17, 15) is 4.79 Å². The van der Waals surface area contributed by atoms with E-state index in [4.69, 9.17) is 5.73 Å². The first-order valence-electron chi connectivity index (χ1n) is 5.84. The van der Waals surface area contributed by atoms with E-state index < -0.39 is 6.03 Å². The number of benzene rings is 2. The minimum Gasteiger partial charge on any atom is -0.352 e. The molecule has 0 radical (unpaired) electrons. The number of nitrogens with two attached hydrogens (primary N) is 1. The van der Waals surface area contributed by atoms with E-state index in [0.29, 0.717) is 0 Å². The summed E-state index contributed by atoms with van der Waals surface area (Å²) in [6.45, 7) is 2.02. The van der Waals surface area contributed by atoms with E-state index in [1.54, 1.807) is 0 Å². The van der Waals surface area contributed by atoms with Crippen LogP contribution in [-0.2, 0) is 0 Å². The van der Waals surface area contributed by atoms with Gasteiger partial charge < -0.3 is 11.1 Å². The van der Waals surface area contributed by atoms with Crippen molar-refractivity contribution < 1.29 is 4.79 Å². The molecule has 2 aromatic carbocycles. The number of carbonyl (C=O) groups is 1. The highest BCUT2D eigenvalue weighted by molar-refractivity contribution is 5.73. The predicted octanol–water partition coefficient (Wildman–Crippen LogP) is 2.75. The molecule has 92 valence electrons. The van der Waals surface area contributed by atoms with Crippen molar-refractivity contribution in [3.8, 4) is 0 Å². The molecule has 3 heteroatoms. The van der Waals surface area contributed by atoms with Crippen LogP contribution in [0.5, 0.6) is 0 Å². The molecule has 2 aromatic rings. The largest absolute Gasteiger partial charge is 0.352 e. The number of nitrogens with one attached hydrogen (secondary N) is 1. The molecule has 0 aliphatic carbocycles. The van der Waals surface area contributed by atoms with Crippen molar-refractivity contribution >= 4 is 6.03 Å². The zero-order valence-electron chi connectivity index (χ0n) is 10.3. The van der Waals surface area contributed by atoms with Crippen LogP contribution in [-0.4, -0.2) is 6.03 Å². The number of hydrogen-bond donors (Lipinski definition) is 2. The lowest BCUT2D eigenvalue weighted by Gasteiger charge is -2.19. The smallest absolute Gasteiger partial charge is 0.312 e. The molecule has 1 unspecified atom stereocenters. The van der Waals surface area contributed by atoms with E-state index in [1.807, 2.05) is 61.5 Å². The predicted molar refractivity (Wildman–Crippen MR) is 72.2 cm³/mol. The average Bonchev–Trinajstić information content (AvgIpc) is 2.37. The quantitative estimate of drug-likeness (QED) is 0.851. The standard InChI is InChI=1S/C15H16N2O/c1-11-6-5-9-13(10-11)14(17-15(16)18)12-7-3-2-4-8-12/h2-10,14H,1H3,(H3,16,17,18). The molecule has 0 aromatic heterocycles. The van der Waals surface area contributed by atoms with Crippen LogP contribution in [0.2, 0.25) is 0 Å². The van der Waals surface area contributed by atoms with Crippen molar-refractivity contribution in [3.05, 3.63) is 71.3 Å². The fraction of sp³-hybridized carbons (Fsp3) is 0.133. The summed E-state index contributed by atoms with van der Waals surface area (Å²) < 4.78 is 0. The van der Waals surface area contributed by atoms with Gasteiger partial charge in [-0.3, -0.25) is 0 Å². The Morgan fingerprint density at radius 3 is 2.33 bits per heavy atom. The number of rotatable bonds is 3. The Hall–Kier alpha value is -2.29. The lowest BCUT2D eigenvalue weighted by atomic mass is 9.97. The van der Waals surface area contributed by atoms with Crippen LogP contribution < -0.4 is 11.1 Å². The third-order valence-corrected chi connectivity index (χ3v) is 2.79. The van der Waals surface area contributed by atoms with Crippen LogP contribution in [0.15, 0.2) is 54.6 Å². The molecule has 3 N–H and O–H groups in total. The molecule has 2 rings (SSSR count). The van der Waals surface area contributed by atoms with Gasteiger partial charge in [-0.1, -0.05) is 60.2 Å². The van der Waals surface area contributed by atoms with Crippen LogP contribution in [0.1, 0.15) is 22.7 Å². The van der Waals surface area contributed by atoms with Crippen molar-refractivity contribution in [1.29, 1.82) is 0 Å². The summed E-state index contributed by atoms with van der Waals surface area (Å²) >= 11 is 0. The van der Waals surface area contributed by atoms with Crippen molar-refractivity contribution in [3.63, 3.8) is 0 Å². The van der Waals surface area contributed by atoms with E-state index in [2.05, 4.69) is 5.32 Å². The van der Waals surface area contributed by atoms with E-state index in [1.165, 1.54) is 0 Å². The second-order valence-electron chi connectivity index (χ2n) is 4.27. The first-order valence-corrected chi connectivity index (χ1v) is 5.84. The second-order valence-corrected chi connectivity index (χ2v) is 4.27. The molecule has 0 aliphatic rings. The van der Waals surface area contributed by atoms with Crippen molar-refractivity contribution in [2.75, 3.05) is 0 Å². The molecule has 0 bridgehead atoms. The Labute approximate surface area is 107 Å². The topological polar surface area (TPSA) is 55.1 Å². The van der Waals surface area contributed by atoms with Gasteiger partial charge in [-0.05, 0) is 18.1 Å². The van der Waals surface area contributed by atoms with Gasteiger partial charge in [-0.2, -0.15) is 0 Å². The Morgan fingerprint density at radius 1 is 1.06 bits per heavy atom. The lowest BCUT2D eigenvalue weighted by molar-refractivity contribution is 0.247. The highest BCUT2D eigenvalue weighted by atomic mass is 16.2. The van der Waals surface area contributed by atoms with Gasteiger partial charge in [0.1, 0.15) is 0 Å². The van der Waals surface area contributed by atoms with E-state index in [0.717, 1.165) is 16.7 Å². The SMILES string of the molecule is Cc1cccc(C(NC(N)=O)c2ccccc2)c1. The van der Waals surface area contributed by atoms with Gasteiger partial charge in [-0.15, -0.1) is 0 Å². The van der Waals surface area contributed by atoms with Gasteiger partial charge in [0.2, 0.25) is 0 Å². The second kappa shape index (κ2) is 5.36. The number of primary amides is 1. The molecule has 2 amide bonds. The zero-order chi connectivity index (χ0) is 13.0. The minimum absolute atomic E-state index is 0.205. The van der Waals surface area contributed by atoms with Gasteiger partial charge in [0.15, 0.2) is 0 Å². The lowest BCUT2D eigenvalue weighted by Crippen LogP contribution is -2.33. The molecule has 1 atom stereocenters. The summed E-state index contributed by atoms with van der Waals surface area (Å²) in [6, 6.07) is 17.1. The summed E-state index contributed by atoms with van der Waals surface area (Å²) in [4.78, 5) is 11.2. The van der Waals surface area contributed by atoms with Crippen LogP contribution >= 0.6 is 0 Å². The molecule has 0 heterocycles. The van der Waals surface area contributed by atoms with Crippen molar-refractivity contribution in [1.82, 2.24) is 5.32 Å². The molecule has 3 nitrogen and oxygen atoms in total. The Kier molecular flexibility index (Phi) is 3.63. The van der Waals surface area contributed by atoms with E-state index in [-0.39, 0.29) is 6.04 Å². The number of aryl methyl sites for hydroxylation is 1. The zero-order valence-corrected chi connectivity index (χ0v) is 10.3. The monoisotopic (exact) mass is 240 g/mol. The molecule has 0 aliphatic heterocycles. The molecule has 0 fully saturated rings. The third kappa shape index (κ3) is 2.88. The highest BCUT2D eigenvalue weighted by Gasteiger charge is 2.14. The Morgan fingerprint density at radius 2 is 1.72 bits per heavy atom. The van der Waals surface area contributed by atoms with Crippen LogP contribution in [0.4, 0.5) is 4.79 Å². The average molecular weight is 240 g/mol. The third-order valence-electron chi connectivity index (χ3n) is 2.79. The fourth-order valence-electron chi connectivity index (χ4n) is 2.00. The maximum atomic E-state index is 11.2. The number of urea groups is 1. The Bertz CT molecular complexity index is 537. The summed E-state index contributed by atoms with van der Waals surface area (Å²) in [7, 11) is 0. The number of hydrogen-bond acceptors (Lipinski definition) is 1. The molecular weight excluding hydrogens is 224 g/mol. The van der Waals surface area contributed by atoms with Crippen LogP contribution in [0.25, 0.3) is 0 Å². The van der Waals surface area contributed by atoms with E-state index >= 15 is 0 Å². The molecule has 18 heavy (non-hydrogen) atoms. The summed E-state index contributed by atoms with van der Waals surface area (Å²) in [5, 5.41) is 2.78. The maximum Gasteiger partial charge on any atom is 0.312 e. The number of carbonyl (C=O) groups excluding carboxylic acids is 1. The molecular formula is C15H16N2O. The molecule has 0 saturated heterocycles. The van der Waals surface area contributed by atoms with Gasteiger partial charge in [-0.25, -0.2) is 4.79 Å². The number of amides is 2. The summed E-state index contributed by atoms with van der Waals surface area (Å²) in [5.41, 5.74) is 8.45. The molecule has 0 saturated carbocycles. The first kappa shape index (κ1) is 12.2. The van der Waals surface area contributed by atoms with Crippen LogP contribution in [0.3, 0.4) is 0 Å². The summed E-state index contributed by atoms with van der Waals surface area (Å²) in [5.74, 6) is 0. The van der Waals surface area contributed by atoms with Gasteiger partial charge >= 0.3 is 6.03 Å². The normalized spacial score (nSPS) is 11.8. The van der Waals surface area contributed by atoms with Gasteiger partial charge in [0, 0.05) is 0 Å². The van der Waals surface area contributed by atoms with Crippen LogP contribution in [0, 0.1) is 6.92 Å². The van der Waals surface area contributed by atoms with Gasteiger partial charge in [0.05, 0.1) is 6.04 Å². The maximum absolute atomic E-state index is 11.2. The summed E-state index contributed by atoms with van der Waals surface area (Å²) in [6.07, 6.45) is 0. The fourth-order valence-corrected chi connectivity index (χ4v) is 2.00. The minimum atomic E-state index is -0.523. The van der Waals surface area contributed by atoms with Gasteiger partial charge in [0.25, 0.3) is 0 Å². The first-order chi connectivity index (χ1) is 8.66. The van der Waals surface area contributed by atoms with Crippen molar-refractivity contribution in [2.24, 2.45) is 5.73 Å². The Balaban J connectivity index is 2.40. The van der Waals surface area contributed by atoms with Crippen molar-refractivity contribution in [2.45, 2.75) is 13.0 Å².